The Kier molecular flexibility index (Phi) is 5.19. The number of benzene rings is 1. The zero-order chi connectivity index (χ0) is 13.0. The highest BCUT2D eigenvalue weighted by molar-refractivity contribution is 9.10. The summed E-state index contributed by atoms with van der Waals surface area (Å²) < 4.78 is 1.04. The molecule has 0 aliphatic carbocycles. The molecule has 0 saturated carbocycles. The normalized spacial score (nSPS) is 10.7. The van der Waals surface area contributed by atoms with Gasteiger partial charge in [0.2, 0.25) is 0 Å². The maximum atomic E-state index is 12.3. The number of hydrogen-bond donors (Lipinski definition) is 0. The summed E-state index contributed by atoms with van der Waals surface area (Å²) in [5.74, 6) is 0.618. The lowest BCUT2D eigenvalue weighted by molar-refractivity contribution is 0.0745. The Labute approximate surface area is 112 Å². The first-order chi connectivity index (χ1) is 7.95. The number of amides is 1. The molecule has 0 saturated heterocycles. The van der Waals surface area contributed by atoms with E-state index in [-0.39, 0.29) is 5.91 Å². The predicted octanol–water partition coefficient (Wildman–Crippen LogP) is 3.88. The van der Waals surface area contributed by atoms with Gasteiger partial charge >= 0.3 is 0 Å². The first-order valence-electron chi connectivity index (χ1n) is 6.01. The van der Waals surface area contributed by atoms with Gasteiger partial charge in [-0.1, -0.05) is 29.8 Å². The maximum absolute atomic E-state index is 12.3. The Balaban J connectivity index is 2.90. The fourth-order valence-electron chi connectivity index (χ4n) is 1.76. The van der Waals surface area contributed by atoms with Gasteiger partial charge in [0.05, 0.1) is 0 Å². The molecule has 0 N–H and O–H groups in total. The molecule has 0 heterocycles. The number of carbonyl (C=O) groups is 1. The molecule has 94 valence electrons. The minimum absolute atomic E-state index is 0.122. The maximum Gasteiger partial charge on any atom is 0.253 e. The van der Waals surface area contributed by atoms with Crippen molar-refractivity contribution in [2.24, 2.45) is 5.92 Å². The summed E-state index contributed by atoms with van der Waals surface area (Å²) >= 11 is 3.45. The standard InChI is InChI=1S/C14H20BrNO/c1-5-16(9-10(2)3)14(17)12-6-7-13(15)11(4)8-12/h6-8,10H,5,9H2,1-4H3. The second-order valence-corrected chi connectivity index (χ2v) is 5.56. The molecule has 0 aliphatic heterocycles. The van der Waals surface area contributed by atoms with E-state index in [4.69, 9.17) is 0 Å². The van der Waals surface area contributed by atoms with Crippen molar-refractivity contribution in [2.75, 3.05) is 13.1 Å². The van der Waals surface area contributed by atoms with E-state index in [0.29, 0.717) is 5.92 Å². The summed E-state index contributed by atoms with van der Waals surface area (Å²) in [6.45, 7) is 9.84. The summed E-state index contributed by atoms with van der Waals surface area (Å²) in [6.07, 6.45) is 0. The van der Waals surface area contributed by atoms with E-state index in [9.17, 15) is 4.79 Å². The highest BCUT2D eigenvalue weighted by Crippen LogP contribution is 2.18. The lowest BCUT2D eigenvalue weighted by atomic mass is 10.1. The summed E-state index contributed by atoms with van der Waals surface area (Å²) in [5, 5.41) is 0. The third kappa shape index (κ3) is 3.84. The zero-order valence-corrected chi connectivity index (χ0v) is 12.5. The highest BCUT2D eigenvalue weighted by Gasteiger charge is 2.15. The molecule has 1 amide bonds. The molecule has 0 fully saturated rings. The van der Waals surface area contributed by atoms with E-state index in [0.717, 1.165) is 28.7 Å². The number of aryl methyl sites for hydroxylation is 1. The lowest BCUT2D eigenvalue weighted by Gasteiger charge is -2.23. The molecule has 1 aromatic carbocycles. The number of nitrogens with zero attached hydrogens (tertiary/aromatic N) is 1. The van der Waals surface area contributed by atoms with Crippen LogP contribution in [0.3, 0.4) is 0 Å². The van der Waals surface area contributed by atoms with E-state index in [1.165, 1.54) is 0 Å². The lowest BCUT2D eigenvalue weighted by Crippen LogP contribution is -2.34. The smallest absolute Gasteiger partial charge is 0.253 e. The van der Waals surface area contributed by atoms with Gasteiger partial charge in [-0.25, -0.2) is 0 Å². The van der Waals surface area contributed by atoms with Gasteiger partial charge in [-0.15, -0.1) is 0 Å². The third-order valence-electron chi connectivity index (χ3n) is 2.66. The van der Waals surface area contributed by atoms with Crippen LogP contribution in [0.1, 0.15) is 36.7 Å². The molecule has 0 aliphatic rings. The molecule has 0 unspecified atom stereocenters. The van der Waals surface area contributed by atoms with Crippen molar-refractivity contribution < 1.29 is 4.79 Å². The zero-order valence-electron chi connectivity index (χ0n) is 11.0. The molecule has 0 spiro atoms. The van der Waals surface area contributed by atoms with Crippen LogP contribution in [0.4, 0.5) is 0 Å². The van der Waals surface area contributed by atoms with Gasteiger partial charge in [0.1, 0.15) is 0 Å². The summed E-state index contributed by atoms with van der Waals surface area (Å²) in [5.41, 5.74) is 1.87. The number of hydrogen-bond acceptors (Lipinski definition) is 1. The van der Waals surface area contributed by atoms with Gasteiger partial charge in [-0.3, -0.25) is 4.79 Å². The van der Waals surface area contributed by atoms with Crippen LogP contribution in [-0.4, -0.2) is 23.9 Å². The summed E-state index contributed by atoms with van der Waals surface area (Å²) in [7, 11) is 0. The number of halogens is 1. The van der Waals surface area contributed by atoms with Crippen LogP contribution in [0.25, 0.3) is 0 Å². The van der Waals surface area contributed by atoms with Crippen LogP contribution < -0.4 is 0 Å². The SMILES string of the molecule is CCN(CC(C)C)C(=O)c1ccc(Br)c(C)c1. The fourth-order valence-corrected chi connectivity index (χ4v) is 2.00. The molecule has 0 aromatic heterocycles. The molecular formula is C14H20BrNO. The van der Waals surface area contributed by atoms with Crippen molar-refractivity contribution in [3.63, 3.8) is 0 Å². The Bertz CT molecular complexity index is 401. The van der Waals surface area contributed by atoms with Gasteiger partial charge in [-0.05, 0) is 43.5 Å². The van der Waals surface area contributed by atoms with Crippen LogP contribution in [0.5, 0.6) is 0 Å². The monoisotopic (exact) mass is 297 g/mol. The highest BCUT2D eigenvalue weighted by atomic mass is 79.9. The Morgan fingerprint density at radius 3 is 2.53 bits per heavy atom. The fraction of sp³-hybridized carbons (Fsp3) is 0.500. The van der Waals surface area contributed by atoms with Crippen LogP contribution in [-0.2, 0) is 0 Å². The molecule has 0 bridgehead atoms. The third-order valence-corrected chi connectivity index (χ3v) is 3.55. The predicted molar refractivity (Wildman–Crippen MR) is 75.3 cm³/mol. The second-order valence-electron chi connectivity index (χ2n) is 4.70. The van der Waals surface area contributed by atoms with E-state index in [1.807, 2.05) is 36.9 Å². The van der Waals surface area contributed by atoms with Crippen molar-refractivity contribution in [3.8, 4) is 0 Å². The molecule has 1 rings (SSSR count). The Morgan fingerprint density at radius 1 is 1.41 bits per heavy atom. The van der Waals surface area contributed by atoms with Crippen molar-refractivity contribution in [2.45, 2.75) is 27.7 Å². The first-order valence-corrected chi connectivity index (χ1v) is 6.80. The molecule has 2 nitrogen and oxygen atoms in total. The van der Waals surface area contributed by atoms with E-state index < -0.39 is 0 Å². The van der Waals surface area contributed by atoms with Crippen molar-refractivity contribution in [3.05, 3.63) is 33.8 Å². The number of carbonyl (C=O) groups excluding carboxylic acids is 1. The Hall–Kier alpha value is -0.830. The van der Waals surface area contributed by atoms with E-state index in [1.54, 1.807) is 0 Å². The topological polar surface area (TPSA) is 20.3 Å². The summed E-state index contributed by atoms with van der Waals surface area (Å²) in [6, 6.07) is 5.75. The van der Waals surface area contributed by atoms with E-state index >= 15 is 0 Å². The molecule has 1 aromatic rings. The minimum atomic E-state index is 0.122. The van der Waals surface area contributed by atoms with Gasteiger partial charge in [-0.2, -0.15) is 0 Å². The average Bonchev–Trinajstić information content (AvgIpc) is 2.28. The quantitative estimate of drug-likeness (QED) is 0.826. The first kappa shape index (κ1) is 14.2. The molecule has 17 heavy (non-hydrogen) atoms. The molecule has 0 radical (unpaired) electrons. The second kappa shape index (κ2) is 6.20. The number of rotatable bonds is 4. The average molecular weight is 298 g/mol. The van der Waals surface area contributed by atoms with Gasteiger partial charge in [0.25, 0.3) is 5.91 Å². The Morgan fingerprint density at radius 2 is 2.06 bits per heavy atom. The van der Waals surface area contributed by atoms with Crippen molar-refractivity contribution >= 4 is 21.8 Å². The van der Waals surface area contributed by atoms with Gasteiger partial charge in [0, 0.05) is 23.1 Å². The minimum Gasteiger partial charge on any atom is -0.339 e. The van der Waals surface area contributed by atoms with Crippen molar-refractivity contribution in [1.82, 2.24) is 4.90 Å². The van der Waals surface area contributed by atoms with Crippen LogP contribution in [0, 0.1) is 12.8 Å². The van der Waals surface area contributed by atoms with Gasteiger partial charge in [0.15, 0.2) is 0 Å². The van der Waals surface area contributed by atoms with Gasteiger partial charge < -0.3 is 4.90 Å². The van der Waals surface area contributed by atoms with Crippen molar-refractivity contribution in [1.29, 1.82) is 0 Å². The molecule has 3 heteroatoms. The van der Waals surface area contributed by atoms with E-state index in [2.05, 4.69) is 29.8 Å². The van der Waals surface area contributed by atoms with Crippen LogP contribution in [0.2, 0.25) is 0 Å². The summed E-state index contributed by atoms with van der Waals surface area (Å²) in [4.78, 5) is 14.2. The van der Waals surface area contributed by atoms with Crippen LogP contribution in [0.15, 0.2) is 22.7 Å². The molecule has 0 atom stereocenters. The largest absolute Gasteiger partial charge is 0.339 e. The van der Waals surface area contributed by atoms with Crippen LogP contribution >= 0.6 is 15.9 Å². The molecular weight excluding hydrogens is 278 g/mol.